The fourth-order valence-corrected chi connectivity index (χ4v) is 6.44. The molecule has 43 heavy (non-hydrogen) atoms. The maximum atomic E-state index is 2.37. The first-order chi connectivity index (χ1) is 21.3. The Hall–Kier alpha value is -5.66. The van der Waals surface area contributed by atoms with Crippen molar-refractivity contribution in [2.45, 2.75) is 0 Å². The molecule has 1 heteroatoms. The molecule has 8 aromatic rings. The third-order valence-corrected chi connectivity index (χ3v) is 8.44. The fourth-order valence-electron chi connectivity index (χ4n) is 6.44. The van der Waals surface area contributed by atoms with Crippen molar-refractivity contribution < 1.29 is 0 Å². The van der Waals surface area contributed by atoms with Crippen LogP contribution in [-0.2, 0) is 0 Å². The van der Waals surface area contributed by atoms with Crippen LogP contribution in [0, 0.1) is 0 Å². The molecule has 8 rings (SSSR count). The summed E-state index contributed by atoms with van der Waals surface area (Å²) in [6.07, 6.45) is 0. The highest BCUT2D eigenvalue weighted by Gasteiger charge is 2.18. The van der Waals surface area contributed by atoms with Gasteiger partial charge in [0.1, 0.15) is 0 Å². The summed E-state index contributed by atoms with van der Waals surface area (Å²) in [6.45, 7) is 0. The molecule has 0 fully saturated rings. The number of fused-ring (bicyclic) bond motifs is 4. The summed E-state index contributed by atoms with van der Waals surface area (Å²) in [5.74, 6) is 0. The van der Waals surface area contributed by atoms with Crippen molar-refractivity contribution in [3.05, 3.63) is 176 Å². The minimum atomic E-state index is 1.12. The van der Waals surface area contributed by atoms with Crippen LogP contribution in [0.1, 0.15) is 0 Å². The summed E-state index contributed by atoms with van der Waals surface area (Å²) in [6, 6.07) is 63.4. The summed E-state index contributed by atoms with van der Waals surface area (Å²) in [5, 5.41) is 7.61. The largest absolute Gasteiger partial charge is 0.310 e. The van der Waals surface area contributed by atoms with Gasteiger partial charge in [-0.3, -0.25) is 0 Å². The van der Waals surface area contributed by atoms with Gasteiger partial charge in [-0.05, 0) is 85.4 Å². The van der Waals surface area contributed by atoms with Gasteiger partial charge in [0, 0.05) is 16.9 Å². The summed E-state index contributed by atoms with van der Waals surface area (Å²) < 4.78 is 0. The quantitative estimate of drug-likeness (QED) is 0.194. The van der Waals surface area contributed by atoms with Crippen LogP contribution in [0.15, 0.2) is 176 Å². The topological polar surface area (TPSA) is 3.24 Å². The number of rotatable bonds is 5. The minimum absolute atomic E-state index is 1.12. The first kappa shape index (κ1) is 25.1. The van der Waals surface area contributed by atoms with Crippen LogP contribution in [-0.4, -0.2) is 0 Å². The van der Waals surface area contributed by atoms with Gasteiger partial charge in [0.25, 0.3) is 0 Å². The van der Waals surface area contributed by atoms with Crippen LogP contribution >= 0.6 is 0 Å². The zero-order chi connectivity index (χ0) is 28.6. The summed E-state index contributed by atoms with van der Waals surface area (Å²) in [7, 11) is 0. The minimum Gasteiger partial charge on any atom is -0.310 e. The highest BCUT2D eigenvalue weighted by molar-refractivity contribution is 6.13. The average molecular weight is 548 g/mol. The monoisotopic (exact) mass is 547 g/mol. The number of para-hydroxylation sites is 2. The lowest BCUT2D eigenvalue weighted by Crippen LogP contribution is -2.11. The molecule has 0 atom stereocenters. The molecule has 0 unspecified atom stereocenters. The SMILES string of the molecule is c1ccc(N(c2ccc(-c3cc4ccccc4c4ccccc34)cc2)c2ccccc2-c2cccc3ccccc23)cc1. The molecule has 1 nitrogen and oxygen atoms in total. The second-order valence-electron chi connectivity index (χ2n) is 11.0. The molecule has 0 spiro atoms. The van der Waals surface area contributed by atoms with Crippen molar-refractivity contribution in [1.82, 2.24) is 0 Å². The lowest BCUT2D eigenvalue weighted by Gasteiger charge is -2.28. The van der Waals surface area contributed by atoms with Gasteiger partial charge >= 0.3 is 0 Å². The maximum absolute atomic E-state index is 2.37. The number of anilines is 3. The van der Waals surface area contributed by atoms with Gasteiger partial charge < -0.3 is 4.90 Å². The van der Waals surface area contributed by atoms with Crippen LogP contribution in [0.25, 0.3) is 54.6 Å². The zero-order valence-electron chi connectivity index (χ0n) is 23.7. The Morgan fingerprint density at radius 1 is 0.302 bits per heavy atom. The van der Waals surface area contributed by atoms with Gasteiger partial charge in [0.15, 0.2) is 0 Å². The van der Waals surface area contributed by atoms with Crippen molar-refractivity contribution in [3.8, 4) is 22.3 Å². The summed E-state index contributed by atoms with van der Waals surface area (Å²) >= 11 is 0. The predicted molar refractivity (Wildman–Crippen MR) is 185 cm³/mol. The van der Waals surface area contributed by atoms with E-state index >= 15 is 0 Å². The Labute approximate surface area is 251 Å². The molecule has 0 N–H and O–H groups in total. The van der Waals surface area contributed by atoms with Crippen molar-refractivity contribution in [1.29, 1.82) is 0 Å². The highest BCUT2D eigenvalue weighted by atomic mass is 15.1. The van der Waals surface area contributed by atoms with Crippen molar-refractivity contribution in [2.24, 2.45) is 0 Å². The normalized spacial score (nSPS) is 11.3. The predicted octanol–water partition coefficient (Wildman–Crippen LogP) is 11.9. The van der Waals surface area contributed by atoms with Crippen LogP contribution in [0.5, 0.6) is 0 Å². The summed E-state index contributed by atoms with van der Waals surface area (Å²) in [5.41, 5.74) is 8.28. The molecule has 0 aliphatic heterocycles. The van der Waals surface area contributed by atoms with Crippen LogP contribution < -0.4 is 4.90 Å². The Kier molecular flexibility index (Phi) is 6.20. The Balaban J connectivity index is 1.29. The average Bonchev–Trinajstić information content (AvgIpc) is 3.09. The van der Waals surface area contributed by atoms with E-state index in [1.54, 1.807) is 0 Å². The Bertz CT molecular complexity index is 2220. The molecule has 0 saturated heterocycles. The molecule has 0 radical (unpaired) electrons. The first-order valence-electron chi connectivity index (χ1n) is 14.8. The van der Waals surface area contributed by atoms with Gasteiger partial charge in [0.05, 0.1) is 5.69 Å². The van der Waals surface area contributed by atoms with Gasteiger partial charge in [-0.15, -0.1) is 0 Å². The molecule has 202 valence electrons. The third kappa shape index (κ3) is 4.43. The number of nitrogens with zero attached hydrogens (tertiary/aromatic N) is 1. The standard InChI is InChI=1S/C42H29N/c1-2-16-33(17-3-1)43(42-24-11-10-22-40(42)38-23-12-15-30-13-4-6-18-35(30)38)34-27-25-31(26-28-34)41-29-32-14-5-7-19-36(32)37-20-8-9-21-39(37)41/h1-29H. The van der Waals surface area contributed by atoms with E-state index in [-0.39, 0.29) is 0 Å². The molecule has 0 amide bonds. The van der Waals surface area contributed by atoms with Crippen molar-refractivity contribution in [3.63, 3.8) is 0 Å². The molecule has 8 aromatic carbocycles. The molecule has 0 aromatic heterocycles. The van der Waals surface area contributed by atoms with Gasteiger partial charge in [-0.25, -0.2) is 0 Å². The lowest BCUT2D eigenvalue weighted by molar-refractivity contribution is 1.28. The Morgan fingerprint density at radius 2 is 0.860 bits per heavy atom. The zero-order valence-corrected chi connectivity index (χ0v) is 23.7. The second-order valence-corrected chi connectivity index (χ2v) is 11.0. The van der Waals surface area contributed by atoms with Gasteiger partial charge in [-0.2, -0.15) is 0 Å². The molecule has 0 bridgehead atoms. The Morgan fingerprint density at radius 3 is 1.67 bits per heavy atom. The number of hydrogen-bond donors (Lipinski definition) is 0. The van der Waals surface area contributed by atoms with E-state index < -0.39 is 0 Å². The molecule has 0 aliphatic carbocycles. The number of benzene rings is 8. The van der Waals surface area contributed by atoms with E-state index in [0.29, 0.717) is 0 Å². The van der Waals surface area contributed by atoms with Crippen LogP contribution in [0.2, 0.25) is 0 Å². The van der Waals surface area contributed by atoms with Crippen LogP contribution in [0.4, 0.5) is 17.1 Å². The molecule has 0 saturated carbocycles. The third-order valence-electron chi connectivity index (χ3n) is 8.44. The molecular weight excluding hydrogens is 518 g/mol. The van der Waals surface area contributed by atoms with Gasteiger partial charge in [-0.1, -0.05) is 140 Å². The van der Waals surface area contributed by atoms with E-state index in [0.717, 1.165) is 17.1 Å². The van der Waals surface area contributed by atoms with E-state index in [4.69, 9.17) is 0 Å². The fraction of sp³-hybridized carbons (Fsp3) is 0. The van der Waals surface area contributed by atoms with Crippen molar-refractivity contribution in [2.75, 3.05) is 4.90 Å². The van der Waals surface area contributed by atoms with E-state index in [2.05, 4.69) is 181 Å². The second kappa shape index (κ2) is 10.6. The molecular formula is C42H29N. The van der Waals surface area contributed by atoms with Gasteiger partial charge in [0.2, 0.25) is 0 Å². The molecule has 0 aliphatic rings. The van der Waals surface area contributed by atoms with E-state index in [9.17, 15) is 0 Å². The van der Waals surface area contributed by atoms with E-state index in [1.807, 2.05) is 0 Å². The molecule has 0 heterocycles. The van der Waals surface area contributed by atoms with E-state index in [1.165, 1.54) is 54.6 Å². The number of hydrogen-bond acceptors (Lipinski definition) is 1. The highest BCUT2D eigenvalue weighted by Crippen LogP contribution is 2.43. The lowest BCUT2D eigenvalue weighted by atomic mass is 9.93. The van der Waals surface area contributed by atoms with Crippen LogP contribution in [0.3, 0.4) is 0 Å². The smallest absolute Gasteiger partial charge is 0.0540 e. The maximum Gasteiger partial charge on any atom is 0.0540 e. The summed E-state index contributed by atoms with van der Waals surface area (Å²) in [4.78, 5) is 2.37. The van der Waals surface area contributed by atoms with Crippen molar-refractivity contribution >= 4 is 49.4 Å². The first-order valence-corrected chi connectivity index (χ1v) is 14.8.